The molecule has 0 bridgehead atoms. The Balaban J connectivity index is 3.01. The molecule has 0 amide bonds. The van der Waals surface area contributed by atoms with Crippen molar-refractivity contribution in [2.45, 2.75) is 18.6 Å². The number of hydrogen-bond acceptors (Lipinski definition) is 5. The van der Waals surface area contributed by atoms with Gasteiger partial charge in [-0.15, -0.1) is 0 Å². The largest absolute Gasteiger partial charge is 0.496 e. The zero-order chi connectivity index (χ0) is 13.7. The fraction of sp³-hybridized carbons (Fsp3) is 0.417. The van der Waals surface area contributed by atoms with Crippen molar-refractivity contribution in [1.82, 2.24) is 0 Å². The summed E-state index contributed by atoms with van der Waals surface area (Å²) in [6.45, 7) is -0.247. The van der Waals surface area contributed by atoms with Gasteiger partial charge in [0.05, 0.1) is 13.2 Å². The van der Waals surface area contributed by atoms with E-state index in [1.54, 1.807) is 0 Å². The SMILES string of the molecule is COc1cc(C(O)C(O)CCO)ccc1C(=O)O. The van der Waals surface area contributed by atoms with E-state index in [2.05, 4.69) is 0 Å². The highest BCUT2D eigenvalue weighted by molar-refractivity contribution is 5.91. The molecular weight excluding hydrogens is 240 g/mol. The molecule has 18 heavy (non-hydrogen) atoms. The second kappa shape index (κ2) is 6.34. The number of aliphatic hydroxyl groups excluding tert-OH is 3. The van der Waals surface area contributed by atoms with Gasteiger partial charge in [-0.05, 0) is 24.1 Å². The number of aromatic carboxylic acids is 1. The van der Waals surface area contributed by atoms with Crippen molar-refractivity contribution in [3.63, 3.8) is 0 Å². The van der Waals surface area contributed by atoms with E-state index in [0.717, 1.165) is 0 Å². The van der Waals surface area contributed by atoms with Gasteiger partial charge in [0.1, 0.15) is 17.4 Å². The van der Waals surface area contributed by atoms with E-state index < -0.39 is 18.2 Å². The first-order chi connectivity index (χ1) is 8.51. The van der Waals surface area contributed by atoms with E-state index in [4.69, 9.17) is 14.9 Å². The van der Waals surface area contributed by atoms with Gasteiger partial charge in [0, 0.05) is 6.61 Å². The van der Waals surface area contributed by atoms with E-state index in [0.29, 0.717) is 5.56 Å². The Morgan fingerprint density at radius 2 is 2.06 bits per heavy atom. The number of carboxylic acid groups (broad SMARTS) is 1. The Morgan fingerprint density at radius 3 is 2.56 bits per heavy atom. The van der Waals surface area contributed by atoms with Gasteiger partial charge in [0.15, 0.2) is 0 Å². The third-order valence-corrected chi connectivity index (χ3v) is 2.59. The van der Waals surface area contributed by atoms with Gasteiger partial charge in [-0.1, -0.05) is 6.07 Å². The summed E-state index contributed by atoms with van der Waals surface area (Å²) >= 11 is 0. The summed E-state index contributed by atoms with van der Waals surface area (Å²) in [5.41, 5.74) is 0.308. The quantitative estimate of drug-likeness (QED) is 0.578. The third-order valence-electron chi connectivity index (χ3n) is 2.59. The van der Waals surface area contributed by atoms with Crippen LogP contribution in [0.2, 0.25) is 0 Å². The van der Waals surface area contributed by atoms with Gasteiger partial charge in [-0.2, -0.15) is 0 Å². The molecule has 0 saturated heterocycles. The Bertz CT molecular complexity index is 417. The minimum atomic E-state index is -1.20. The van der Waals surface area contributed by atoms with Gasteiger partial charge >= 0.3 is 5.97 Å². The lowest BCUT2D eigenvalue weighted by atomic mass is 10.0. The van der Waals surface area contributed by atoms with E-state index in [9.17, 15) is 15.0 Å². The van der Waals surface area contributed by atoms with Crippen molar-refractivity contribution < 1.29 is 30.0 Å². The van der Waals surface area contributed by atoms with Gasteiger partial charge in [-0.25, -0.2) is 4.79 Å². The van der Waals surface area contributed by atoms with Crippen LogP contribution in [0.15, 0.2) is 18.2 Å². The maximum absolute atomic E-state index is 10.9. The molecule has 0 aromatic heterocycles. The molecule has 6 heteroatoms. The zero-order valence-corrected chi connectivity index (χ0v) is 9.91. The van der Waals surface area contributed by atoms with Crippen molar-refractivity contribution in [3.8, 4) is 5.75 Å². The molecule has 1 aromatic rings. The van der Waals surface area contributed by atoms with Gasteiger partial charge < -0.3 is 25.2 Å². The van der Waals surface area contributed by atoms with E-state index in [1.165, 1.54) is 25.3 Å². The number of aliphatic hydroxyl groups is 3. The number of carboxylic acids is 1. The summed E-state index contributed by atoms with van der Waals surface area (Å²) in [6.07, 6.45) is -2.28. The fourth-order valence-corrected chi connectivity index (χ4v) is 1.58. The first-order valence-corrected chi connectivity index (χ1v) is 5.39. The average molecular weight is 256 g/mol. The van der Waals surface area contributed by atoms with Crippen LogP contribution >= 0.6 is 0 Å². The average Bonchev–Trinajstić information content (AvgIpc) is 2.37. The lowest BCUT2D eigenvalue weighted by Crippen LogP contribution is -2.19. The number of carbonyl (C=O) groups is 1. The molecule has 1 rings (SSSR count). The third kappa shape index (κ3) is 3.19. The van der Waals surface area contributed by atoms with Gasteiger partial charge in [0.2, 0.25) is 0 Å². The Hall–Kier alpha value is -1.63. The number of benzene rings is 1. The molecule has 1 aromatic carbocycles. The van der Waals surface area contributed by atoms with Gasteiger partial charge in [0.25, 0.3) is 0 Å². The highest BCUT2D eigenvalue weighted by Crippen LogP contribution is 2.26. The summed E-state index contributed by atoms with van der Waals surface area (Å²) in [5.74, 6) is -1.03. The standard InChI is InChI=1S/C12H16O6/c1-18-10-6-7(2-3-8(10)12(16)17)11(15)9(14)4-5-13/h2-3,6,9,11,13-15H,4-5H2,1H3,(H,16,17). The smallest absolute Gasteiger partial charge is 0.339 e. The molecule has 0 radical (unpaired) electrons. The van der Waals surface area contributed by atoms with Crippen molar-refractivity contribution >= 4 is 5.97 Å². The predicted molar refractivity (Wildman–Crippen MR) is 62.6 cm³/mol. The van der Waals surface area contributed by atoms with Crippen LogP contribution in [-0.2, 0) is 0 Å². The van der Waals surface area contributed by atoms with Crippen molar-refractivity contribution in [1.29, 1.82) is 0 Å². The molecule has 0 aliphatic rings. The molecule has 0 heterocycles. The molecule has 0 fully saturated rings. The molecule has 0 aliphatic heterocycles. The molecule has 4 N–H and O–H groups in total. The molecule has 2 unspecified atom stereocenters. The normalized spacial score (nSPS) is 14.0. The Labute approximate surface area is 104 Å². The highest BCUT2D eigenvalue weighted by Gasteiger charge is 2.20. The summed E-state index contributed by atoms with van der Waals surface area (Å²) in [4.78, 5) is 10.9. The molecule has 0 spiro atoms. The zero-order valence-electron chi connectivity index (χ0n) is 9.91. The minimum Gasteiger partial charge on any atom is -0.496 e. The van der Waals surface area contributed by atoms with E-state index in [-0.39, 0.29) is 24.3 Å². The maximum atomic E-state index is 10.9. The van der Waals surface area contributed by atoms with Crippen molar-refractivity contribution in [2.75, 3.05) is 13.7 Å². The van der Waals surface area contributed by atoms with Crippen LogP contribution in [0.1, 0.15) is 28.4 Å². The maximum Gasteiger partial charge on any atom is 0.339 e. The predicted octanol–water partition coefficient (Wildman–Crippen LogP) is 0.170. The Kier molecular flexibility index (Phi) is 5.08. The van der Waals surface area contributed by atoms with Crippen LogP contribution in [0.3, 0.4) is 0 Å². The van der Waals surface area contributed by atoms with Crippen LogP contribution in [0.5, 0.6) is 5.75 Å². The molecule has 0 saturated carbocycles. The van der Waals surface area contributed by atoms with Crippen LogP contribution < -0.4 is 4.74 Å². The second-order valence-electron chi connectivity index (χ2n) is 3.79. The number of methoxy groups -OCH3 is 1. The topological polar surface area (TPSA) is 107 Å². The first kappa shape index (κ1) is 14.4. The molecule has 2 atom stereocenters. The van der Waals surface area contributed by atoms with Crippen molar-refractivity contribution in [2.24, 2.45) is 0 Å². The molecular formula is C12H16O6. The fourth-order valence-electron chi connectivity index (χ4n) is 1.58. The molecule has 0 aliphatic carbocycles. The Morgan fingerprint density at radius 1 is 1.39 bits per heavy atom. The number of ether oxygens (including phenoxy) is 1. The summed E-state index contributed by atoms with van der Waals surface area (Å²) in [7, 11) is 1.32. The van der Waals surface area contributed by atoms with Crippen LogP contribution in [0.4, 0.5) is 0 Å². The molecule has 6 nitrogen and oxygen atoms in total. The summed E-state index contributed by atoms with van der Waals surface area (Å²) < 4.78 is 4.91. The number of hydrogen-bond donors (Lipinski definition) is 4. The summed E-state index contributed by atoms with van der Waals surface area (Å²) in [5, 5.41) is 36.9. The highest BCUT2D eigenvalue weighted by atomic mass is 16.5. The van der Waals surface area contributed by atoms with Gasteiger partial charge in [-0.3, -0.25) is 0 Å². The van der Waals surface area contributed by atoms with Crippen LogP contribution in [-0.4, -0.2) is 46.2 Å². The van der Waals surface area contributed by atoms with Crippen molar-refractivity contribution in [3.05, 3.63) is 29.3 Å². The van der Waals surface area contributed by atoms with Crippen LogP contribution in [0.25, 0.3) is 0 Å². The van der Waals surface area contributed by atoms with Crippen LogP contribution in [0, 0.1) is 0 Å². The molecule has 100 valence electrons. The number of rotatable bonds is 6. The monoisotopic (exact) mass is 256 g/mol. The first-order valence-electron chi connectivity index (χ1n) is 5.39. The minimum absolute atomic E-state index is 0.0231. The lowest BCUT2D eigenvalue weighted by molar-refractivity contribution is 0.00412. The summed E-state index contributed by atoms with van der Waals surface area (Å²) in [6, 6.07) is 4.05. The van der Waals surface area contributed by atoms with E-state index in [1.807, 2.05) is 0 Å². The lowest BCUT2D eigenvalue weighted by Gasteiger charge is -2.18. The van der Waals surface area contributed by atoms with E-state index >= 15 is 0 Å². The second-order valence-corrected chi connectivity index (χ2v) is 3.79.